The van der Waals surface area contributed by atoms with Crippen molar-refractivity contribution in [2.24, 2.45) is 0 Å². The van der Waals surface area contributed by atoms with Gasteiger partial charge in [0.25, 0.3) is 11.8 Å². The van der Waals surface area contributed by atoms with Crippen molar-refractivity contribution in [1.29, 1.82) is 0 Å². The van der Waals surface area contributed by atoms with Crippen LogP contribution in [0.15, 0.2) is 60.7 Å². The SMILES string of the molecule is O=C(NCCCC[C@]1(NC(=O)c2ccccc2)CCOC1=O)c1ccccc1. The molecule has 0 radical (unpaired) electrons. The Morgan fingerprint density at radius 1 is 0.893 bits per heavy atom. The topological polar surface area (TPSA) is 84.5 Å². The first-order valence-corrected chi connectivity index (χ1v) is 9.49. The summed E-state index contributed by atoms with van der Waals surface area (Å²) in [6.45, 7) is 0.810. The molecule has 1 fully saturated rings. The average molecular weight is 380 g/mol. The molecule has 28 heavy (non-hydrogen) atoms. The second kappa shape index (κ2) is 9.17. The van der Waals surface area contributed by atoms with Gasteiger partial charge in [-0.15, -0.1) is 0 Å². The molecule has 2 aromatic carbocycles. The molecule has 2 aromatic rings. The third-order valence-corrected chi connectivity index (χ3v) is 4.89. The molecule has 146 valence electrons. The fraction of sp³-hybridized carbons (Fsp3) is 0.318. The highest BCUT2D eigenvalue weighted by Crippen LogP contribution is 2.27. The Hall–Kier alpha value is -3.15. The second-order valence-corrected chi connectivity index (χ2v) is 6.87. The molecule has 0 spiro atoms. The lowest BCUT2D eigenvalue weighted by Gasteiger charge is -2.26. The summed E-state index contributed by atoms with van der Waals surface area (Å²) in [7, 11) is 0. The minimum absolute atomic E-state index is 0.118. The van der Waals surface area contributed by atoms with Gasteiger partial charge in [0.05, 0.1) is 6.61 Å². The summed E-state index contributed by atoms with van der Waals surface area (Å²) in [5.74, 6) is -0.782. The zero-order valence-electron chi connectivity index (χ0n) is 15.6. The summed E-state index contributed by atoms with van der Waals surface area (Å²) in [6.07, 6.45) is 2.32. The van der Waals surface area contributed by atoms with E-state index in [1.165, 1.54) is 0 Å². The highest BCUT2D eigenvalue weighted by atomic mass is 16.5. The lowest BCUT2D eigenvalue weighted by Crippen LogP contribution is -2.52. The molecule has 2 N–H and O–H groups in total. The van der Waals surface area contributed by atoms with Gasteiger partial charge in [-0.2, -0.15) is 0 Å². The third-order valence-electron chi connectivity index (χ3n) is 4.89. The molecule has 1 saturated heterocycles. The number of carbonyl (C=O) groups is 3. The first-order valence-electron chi connectivity index (χ1n) is 9.49. The monoisotopic (exact) mass is 380 g/mol. The van der Waals surface area contributed by atoms with Gasteiger partial charge in [0.15, 0.2) is 0 Å². The summed E-state index contributed by atoms with van der Waals surface area (Å²) < 4.78 is 5.14. The predicted octanol–water partition coefficient (Wildman–Crippen LogP) is 2.70. The molecular weight excluding hydrogens is 356 g/mol. The quantitative estimate of drug-likeness (QED) is 0.545. The van der Waals surface area contributed by atoms with Crippen molar-refractivity contribution in [1.82, 2.24) is 10.6 Å². The van der Waals surface area contributed by atoms with Crippen LogP contribution >= 0.6 is 0 Å². The van der Waals surface area contributed by atoms with Crippen molar-refractivity contribution in [2.75, 3.05) is 13.2 Å². The number of esters is 1. The van der Waals surface area contributed by atoms with Gasteiger partial charge in [-0.3, -0.25) is 9.59 Å². The standard InChI is InChI=1S/C22H24N2O4/c25-19(17-9-3-1-4-10-17)23-15-8-7-13-22(14-16-28-21(22)27)24-20(26)18-11-5-2-6-12-18/h1-6,9-12H,7-8,13-16H2,(H,23,25)(H,24,26)/t22-/m0/s1. The summed E-state index contributed by atoms with van der Waals surface area (Å²) in [4.78, 5) is 36.9. The van der Waals surface area contributed by atoms with E-state index < -0.39 is 5.54 Å². The normalized spacial score (nSPS) is 18.4. The fourth-order valence-electron chi connectivity index (χ4n) is 3.29. The van der Waals surface area contributed by atoms with Crippen LogP contribution in [0.25, 0.3) is 0 Å². The van der Waals surface area contributed by atoms with Crippen LogP contribution in [0.1, 0.15) is 46.4 Å². The molecule has 0 aliphatic carbocycles. The van der Waals surface area contributed by atoms with Crippen LogP contribution < -0.4 is 10.6 Å². The number of benzene rings is 2. The number of hydrogen-bond acceptors (Lipinski definition) is 4. The number of nitrogens with one attached hydrogen (secondary N) is 2. The first kappa shape index (κ1) is 19.6. The van der Waals surface area contributed by atoms with Crippen molar-refractivity contribution >= 4 is 17.8 Å². The molecule has 1 aliphatic heterocycles. The fourth-order valence-corrected chi connectivity index (χ4v) is 3.29. The molecule has 0 saturated carbocycles. The Morgan fingerprint density at radius 2 is 1.50 bits per heavy atom. The number of amides is 2. The van der Waals surface area contributed by atoms with Crippen LogP contribution in [0.5, 0.6) is 0 Å². The Labute approximate surface area is 164 Å². The minimum atomic E-state index is -0.990. The van der Waals surface area contributed by atoms with Crippen molar-refractivity contribution in [2.45, 2.75) is 31.2 Å². The Kier molecular flexibility index (Phi) is 6.42. The van der Waals surface area contributed by atoms with E-state index in [0.29, 0.717) is 50.0 Å². The van der Waals surface area contributed by atoms with E-state index in [9.17, 15) is 14.4 Å². The Balaban J connectivity index is 1.50. The summed E-state index contributed by atoms with van der Waals surface area (Å²) >= 11 is 0. The number of rotatable bonds is 8. The maximum atomic E-state index is 12.5. The first-order chi connectivity index (χ1) is 13.6. The molecule has 0 unspecified atom stereocenters. The van der Waals surface area contributed by atoms with Crippen LogP contribution in [0, 0.1) is 0 Å². The van der Waals surface area contributed by atoms with E-state index in [1.807, 2.05) is 24.3 Å². The second-order valence-electron chi connectivity index (χ2n) is 6.87. The zero-order valence-corrected chi connectivity index (χ0v) is 15.6. The number of ether oxygens (including phenoxy) is 1. The van der Waals surface area contributed by atoms with Crippen LogP contribution in [-0.2, 0) is 9.53 Å². The average Bonchev–Trinajstić information content (AvgIpc) is 3.09. The molecule has 2 amide bonds. The van der Waals surface area contributed by atoms with Gasteiger partial charge < -0.3 is 15.4 Å². The van der Waals surface area contributed by atoms with Crippen LogP contribution in [-0.4, -0.2) is 36.5 Å². The summed E-state index contributed by atoms with van der Waals surface area (Å²) in [5.41, 5.74) is 0.140. The Bertz CT molecular complexity index is 823. The highest BCUT2D eigenvalue weighted by molar-refractivity contribution is 5.98. The maximum Gasteiger partial charge on any atom is 0.331 e. The van der Waals surface area contributed by atoms with E-state index >= 15 is 0 Å². The largest absolute Gasteiger partial charge is 0.464 e. The highest BCUT2D eigenvalue weighted by Gasteiger charge is 2.45. The van der Waals surface area contributed by atoms with Gasteiger partial charge in [0, 0.05) is 24.1 Å². The number of carbonyl (C=O) groups excluding carboxylic acids is 3. The van der Waals surface area contributed by atoms with Crippen LogP contribution in [0.3, 0.4) is 0 Å². The Morgan fingerprint density at radius 3 is 2.07 bits per heavy atom. The molecule has 6 heteroatoms. The number of hydrogen-bond donors (Lipinski definition) is 2. The van der Waals surface area contributed by atoms with Gasteiger partial charge in [0.2, 0.25) is 0 Å². The van der Waals surface area contributed by atoms with Crippen molar-refractivity contribution in [3.63, 3.8) is 0 Å². The van der Waals surface area contributed by atoms with E-state index in [2.05, 4.69) is 10.6 Å². The van der Waals surface area contributed by atoms with E-state index in [-0.39, 0.29) is 17.8 Å². The van der Waals surface area contributed by atoms with Crippen molar-refractivity contribution in [3.8, 4) is 0 Å². The van der Waals surface area contributed by atoms with Gasteiger partial charge in [-0.05, 0) is 43.5 Å². The zero-order chi connectivity index (χ0) is 19.8. The van der Waals surface area contributed by atoms with Crippen LogP contribution in [0.4, 0.5) is 0 Å². The molecule has 1 heterocycles. The lowest BCUT2D eigenvalue weighted by molar-refractivity contribution is -0.143. The maximum absolute atomic E-state index is 12.5. The van der Waals surface area contributed by atoms with Gasteiger partial charge in [-0.1, -0.05) is 36.4 Å². The summed E-state index contributed by atoms with van der Waals surface area (Å²) in [5, 5.41) is 5.76. The van der Waals surface area contributed by atoms with Gasteiger partial charge in [-0.25, -0.2) is 4.79 Å². The minimum Gasteiger partial charge on any atom is -0.464 e. The van der Waals surface area contributed by atoms with E-state index in [0.717, 1.165) is 0 Å². The molecule has 3 rings (SSSR count). The van der Waals surface area contributed by atoms with Crippen molar-refractivity contribution in [3.05, 3.63) is 71.8 Å². The van der Waals surface area contributed by atoms with Gasteiger partial charge in [0.1, 0.15) is 5.54 Å². The number of unbranched alkanes of at least 4 members (excludes halogenated alkanes) is 1. The molecule has 0 bridgehead atoms. The molecule has 6 nitrogen and oxygen atoms in total. The molecule has 1 atom stereocenters. The predicted molar refractivity (Wildman–Crippen MR) is 105 cm³/mol. The molecule has 1 aliphatic rings. The summed E-state index contributed by atoms with van der Waals surface area (Å²) in [6, 6.07) is 17.8. The van der Waals surface area contributed by atoms with E-state index in [4.69, 9.17) is 4.74 Å². The van der Waals surface area contributed by atoms with E-state index in [1.54, 1.807) is 36.4 Å². The number of cyclic esters (lactones) is 1. The van der Waals surface area contributed by atoms with Crippen molar-refractivity contribution < 1.29 is 19.1 Å². The molecule has 0 aromatic heterocycles. The third kappa shape index (κ3) is 4.76. The smallest absolute Gasteiger partial charge is 0.331 e. The van der Waals surface area contributed by atoms with Crippen LogP contribution in [0.2, 0.25) is 0 Å². The lowest BCUT2D eigenvalue weighted by atomic mass is 9.90. The molecular formula is C22H24N2O4. The van der Waals surface area contributed by atoms with Gasteiger partial charge >= 0.3 is 5.97 Å².